The van der Waals surface area contributed by atoms with E-state index in [4.69, 9.17) is 4.74 Å². The molecule has 1 aliphatic heterocycles. The van der Waals surface area contributed by atoms with Gasteiger partial charge in [-0.15, -0.1) is 0 Å². The van der Waals surface area contributed by atoms with Gasteiger partial charge in [0.1, 0.15) is 5.60 Å². The minimum atomic E-state index is -1.12. The van der Waals surface area contributed by atoms with Crippen LogP contribution < -0.4 is 56.5 Å². The van der Waals surface area contributed by atoms with Gasteiger partial charge in [-0.25, -0.2) is 4.79 Å². The molecule has 1 atom stereocenters. The molecule has 1 unspecified atom stereocenters. The molecule has 1 amide bonds. The predicted octanol–water partition coefficient (Wildman–Crippen LogP) is -2.08. The number of rotatable bonds is 2. The topological polar surface area (TPSA) is 69.7 Å². The molecule has 18 heavy (non-hydrogen) atoms. The van der Waals surface area contributed by atoms with Crippen LogP contribution in [0.25, 0.3) is 0 Å². The largest absolute Gasteiger partial charge is 1.00 e. The van der Waals surface area contributed by atoms with E-state index >= 15 is 0 Å². The smallest absolute Gasteiger partial charge is 0.550 e. The van der Waals surface area contributed by atoms with Gasteiger partial charge in [0.15, 0.2) is 0 Å². The van der Waals surface area contributed by atoms with Crippen molar-refractivity contribution in [2.75, 3.05) is 6.54 Å². The number of likely N-dealkylation sites (tertiary alicyclic amines) is 1. The number of carboxylic acid groups (broad SMARTS) is 1. The monoisotopic (exact) mass is 281 g/mol. The number of carbonyl (C=O) groups is 2. The van der Waals surface area contributed by atoms with Crippen LogP contribution in [0.4, 0.5) is 4.79 Å². The van der Waals surface area contributed by atoms with E-state index in [0.29, 0.717) is 13.0 Å². The molecule has 1 rings (SSSR count). The summed E-state index contributed by atoms with van der Waals surface area (Å²) in [5, 5.41) is 10.6. The number of aliphatic carboxylic acids is 1. The van der Waals surface area contributed by atoms with Crippen LogP contribution in [0.1, 0.15) is 46.5 Å². The van der Waals surface area contributed by atoms with Crippen LogP contribution in [0, 0.1) is 0 Å². The second-order valence-corrected chi connectivity index (χ2v) is 5.40. The minimum absolute atomic E-state index is 0. The van der Waals surface area contributed by atoms with Gasteiger partial charge in [-0.1, -0.05) is 0 Å². The van der Waals surface area contributed by atoms with Crippen molar-refractivity contribution in [2.45, 2.75) is 58.1 Å². The van der Waals surface area contributed by atoms with Crippen LogP contribution in [0.3, 0.4) is 0 Å². The first-order valence-electron chi connectivity index (χ1n) is 5.99. The van der Waals surface area contributed by atoms with E-state index in [-0.39, 0.29) is 63.8 Å². The van der Waals surface area contributed by atoms with E-state index in [9.17, 15) is 14.7 Å². The molecular formula is C12H20KNO4. The summed E-state index contributed by atoms with van der Waals surface area (Å²) < 4.78 is 5.26. The second kappa shape index (κ2) is 7.84. The minimum Gasteiger partial charge on any atom is -0.550 e. The number of carbonyl (C=O) groups excluding carboxylic acids is 2. The summed E-state index contributed by atoms with van der Waals surface area (Å²) in [4.78, 5) is 24.0. The molecule has 0 aromatic carbocycles. The fourth-order valence-corrected chi connectivity index (χ4v) is 1.97. The van der Waals surface area contributed by atoms with Crippen molar-refractivity contribution in [3.8, 4) is 0 Å². The van der Waals surface area contributed by atoms with E-state index < -0.39 is 17.7 Å². The maximum atomic E-state index is 11.9. The molecular weight excluding hydrogens is 261 g/mol. The average molecular weight is 281 g/mol. The fourth-order valence-electron chi connectivity index (χ4n) is 1.97. The van der Waals surface area contributed by atoms with Crippen LogP contribution in [0.5, 0.6) is 0 Å². The molecule has 5 nitrogen and oxygen atoms in total. The summed E-state index contributed by atoms with van der Waals surface area (Å²) in [6.45, 7) is 5.95. The van der Waals surface area contributed by atoms with Gasteiger partial charge in [0.25, 0.3) is 0 Å². The molecule has 0 aromatic rings. The van der Waals surface area contributed by atoms with Crippen molar-refractivity contribution in [3.63, 3.8) is 0 Å². The maximum Gasteiger partial charge on any atom is 1.00 e. The number of hydrogen-bond acceptors (Lipinski definition) is 4. The molecule has 1 saturated heterocycles. The van der Waals surface area contributed by atoms with Gasteiger partial charge in [0.05, 0.1) is 0 Å². The Kier molecular flexibility index (Phi) is 8.01. The van der Waals surface area contributed by atoms with Crippen molar-refractivity contribution in [2.24, 2.45) is 0 Å². The standard InChI is InChI=1S/C12H21NO4.K/c1-12(2,3)17-11(16)13-7-5-4-6-9(13)8-10(14)15;/h9H,4-8H2,1-3H3,(H,14,15);/q;+1/p-1. The van der Waals surface area contributed by atoms with Crippen molar-refractivity contribution < 1.29 is 70.8 Å². The Morgan fingerprint density at radius 2 is 1.94 bits per heavy atom. The first-order valence-corrected chi connectivity index (χ1v) is 5.99. The summed E-state index contributed by atoms with van der Waals surface area (Å²) >= 11 is 0. The zero-order valence-corrected chi connectivity index (χ0v) is 14.8. The van der Waals surface area contributed by atoms with E-state index in [2.05, 4.69) is 0 Å². The molecule has 0 radical (unpaired) electrons. The normalized spacial score (nSPS) is 19.9. The van der Waals surface area contributed by atoms with Gasteiger partial charge in [0.2, 0.25) is 0 Å². The molecule has 0 aromatic heterocycles. The van der Waals surface area contributed by atoms with Crippen LogP contribution >= 0.6 is 0 Å². The quantitative estimate of drug-likeness (QED) is 0.545. The maximum absolute atomic E-state index is 11.9. The molecule has 1 heterocycles. The zero-order valence-electron chi connectivity index (χ0n) is 11.7. The van der Waals surface area contributed by atoms with Crippen LogP contribution in [0.2, 0.25) is 0 Å². The van der Waals surface area contributed by atoms with Crippen LogP contribution in [-0.4, -0.2) is 35.2 Å². The van der Waals surface area contributed by atoms with Gasteiger partial charge in [0, 0.05) is 25.0 Å². The Morgan fingerprint density at radius 3 is 2.44 bits per heavy atom. The third-order valence-electron chi connectivity index (χ3n) is 2.66. The summed E-state index contributed by atoms with van der Waals surface area (Å²) in [7, 11) is 0. The number of carboxylic acids is 1. The molecule has 0 aliphatic carbocycles. The van der Waals surface area contributed by atoms with E-state index in [1.807, 2.05) is 0 Å². The SMILES string of the molecule is CC(C)(C)OC(=O)N1CCCCC1CC(=O)[O-].[K+]. The van der Waals surface area contributed by atoms with Crippen molar-refractivity contribution in [3.05, 3.63) is 0 Å². The van der Waals surface area contributed by atoms with Gasteiger partial charge in [-0.2, -0.15) is 0 Å². The van der Waals surface area contributed by atoms with Crippen LogP contribution in [-0.2, 0) is 9.53 Å². The Labute approximate surface area is 151 Å². The molecule has 1 fully saturated rings. The fraction of sp³-hybridized carbons (Fsp3) is 0.833. The van der Waals surface area contributed by atoms with Gasteiger partial charge in [-0.3, -0.25) is 0 Å². The average Bonchev–Trinajstić information content (AvgIpc) is 2.14. The molecule has 0 spiro atoms. The number of nitrogens with zero attached hydrogens (tertiary/aromatic N) is 1. The van der Waals surface area contributed by atoms with Crippen molar-refractivity contribution >= 4 is 12.1 Å². The number of hydrogen-bond donors (Lipinski definition) is 0. The Bertz CT molecular complexity index is 301. The molecule has 0 bridgehead atoms. The molecule has 0 saturated carbocycles. The van der Waals surface area contributed by atoms with E-state index in [1.165, 1.54) is 4.90 Å². The third kappa shape index (κ3) is 6.52. The summed E-state index contributed by atoms with van der Waals surface area (Å²) in [5.41, 5.74) is -0.555. The van der Waals surface area contributed by atoms with Gasteiger partial charge in [-0.05, 0) is 40.0 Å². The van der Waals surface area contributed by atoms with Crippen LogP contribution in [0.15, 0.2) is 0 Å². The Morgan fingerprint density at radius 1 is 1.33 bits per heavy atom. The summed E-state index contributed by atoms with van der Waals surface area (Å²) in [6, 6.07) is -0.288. The molecule has 6 heteroatoms. The predicted molar refractivity (Wildman–Crippen MR) is 60.2 cm³/mol. The van der Waals surface area contributed by atoms with E-state index in [0.717, 1.165) is 12.8 Å². The van der Waals surface area contributed by atoms with E-state index in [1.54, 1.807) is 20.8 Å². The number of ether oxygens (including phenoxy) is 1. The first kappa shape index (κ1) is 18.4. The molecule has 1 aliphatic rings. The number of piperidine rings is 1. The third-order valence-corrected chi connectivity index (χ3v) is 2.66. The Hall–Kier alpha value is 0.376. The van der Waals surface area contributed by atoms with Gasteiger partial charge >= 0.3 is 57.5 Å². The number of amides is 1. The van der Waals surface area contributed by atoms with Crippen molar-refractivity contribution in [1.29, 1.82) is 0 Å². The zero-order chi connectivity index (χ0) is 13.1. The summed E-state index contributed by atoms with van der Waals surface area (Å²) in [6.07, 6.45) is 2.00. The van der Waals surface area contributed by atoms with Crippen molar-refractivity contribution in [1.82, 2.24) is 4.90 Å². The molecule has 0 N–H and O–H groups in total. The first-order chi connectivity index (χ1) is 7.79. The van der Waals surface area contributed by atoms with Gasteiger partial charge < -0.3 is 19.5 Å². The summed E-state index contributed by atoms with van der Waals surface area (Å²) in [5.74, 6) is -1.12. The molecule has 98 valence electrons. The second-order valence-electron chi connectivity index (χ2n) is 5.40. The Balaban J connectivity index is 0.00000289.